The largest absolute Gasteiger partial charge is 0.405 e. The molecule has 170 valence electrons. The molecule has 0 atom stereocenters. The Morgan fingerprint density at radius 2 is 1.91 bits per heavy atom. The first kappa shape index (κ1) is 24.1. The quantitative estimate of drug-likeness (QED) is 0.321. The Kier molecular flexibility index (Phi) is 7.19. The fourth-order valence-electron chi connectivity index (χ4n) is 3.25. The van der Waals surface area contributed by atoms with Crippen LogP contribution in [-0.4, -0.2) is 29.0 Å². The van der Waals surface area contributed by atoms with Gasteiger partial charge >= 0.3 is 6.18 Å². The predicted molar refractivity (Wildman–Crippen MR) is 116 cm³/mol. The molecule has 10 heteroatoms. The molecule has 3 rings (SSSR count). The molecule has 0 spiro atoms. The number of alkyl halides is 3. The van der Waals surface area contributed by atoms with Crippen molar-refractivity contribution in [1.29, 1.82) is 0 Å². The minimum atomic E-state index is -4.56. The summed E-state index contributed by atoms with van der Waals surface area (Å²) in [7, 11) is 0. The highest BCUT2D eigenvalue weighted by molar-refractivity contribution is 7.99. The van der Waals surface area contributed by atoms with Gasteiger partial charge in [-0.05, 0) is 31.2 Å². The van der Waals surface area contributed by atoms with E-state index in [1.807, 2.05) is 0 Å². The van der Waals surface area contributed by atoms with E-state index in [9.17, 15) is 27.2 Å². The van der Waals surface area contributed by atoms with Gasteiger partial charge in [0.15, 0.2) is 11.6 Å². The molecule has 1 amide bonds. The number of nitrogens with zero attached hydrogens (tertiary/aromatic N) is 1. The van der Waals surface area contributed by atoms with Gasteiger partial charge in [-0.15, -0.1) is 0 Å². The van der Waals surface area contributed by atoms with Crippen molar-refractivity contribution in [1.82, 2.24) is 9.88 Å². The number of carbonyl (C=O) groups excluding carboxylic acids is 2. The van der Waals surface area contributed by atoms with Gasteiger partial charge in [-0.3, -0.25) is 9.59 Å². The summed E-state index contributed by atoms with van der Waals surface area (Å²) < 4.78 is 53.5. The second-order valence-electron chi connectivity index (χ2n) is 7.06. The van der Waals surface area contributed by atoms with E-state index in [0.717, 1.165) is 4.90 Å². The maximum Gasteiger partial charge on any atom is 0.405 e. The molecule has 0 fully saturated rings. The number of fused-ring (bicyclic) bond motifs is 1. The number of ketones is 1. The van der Waals surface area contributed by atoms with Crippen LogP contribution in [0.4, 0.5) is 17.6 Å². The van der Waals surface area contributed by atoms with Gasteiger partial charge in [0.05, 0.1) is 10.5 Å². The Balaban J connectivity index is 2.03. The van der Waals surface area contributed by atoms with Gasteiger partial charge in [0.1, 0.15) is 13.1 Å². The lowest BCUT2D eigenvalue weighted by atomic mass is 10.1. The van der Waals surface area contributed by atoms with Gasteiger partial charge < -0.3 is 9.88 Å². The van der Waals surface area contributed by atoms with Crippen LogP contribution in [0.5, 0.6) is 0 Å². The molecule has 4 nitrogen and oxygen atoms in total. The summed E-state index contributed by atoms with van der Waals surface area (Å²) in [6, 6.07) is 9.94. The van der Waals surface area contributed by atoms with E-state index >= 15 is 0 Å². The smallest absolute Gasteiger partial charge is 0.345 e. The average Bonchev–Trinajstić information content (AvgIpc) is 3.00. The van der Waals surface area contributed by atoms with Crippen molar-refractivity contribution in [2.45, 2.75) is 42.8 Å². The van der Waals surface area contributed by atoms with Gasteiger partial charge in [-0.1, -0.05) is 42.4 Å². The molecule has 0 aliphatic rings. The zero-order chi connectivity index (χ0) is 23.6. The second kappa shape index (κ2) is 9.54. The van der Waals surface area contributed by atoms with E-state index in [1.54, 1.807) is 49.5 Å². The molecule has 1 N–H and O–H groups in total. The van der Waals surface area contributed by atoms with Crippen LogP contribution >= 0.6 is 23.4 Å². The minimum Gasteiger partial charge on any atom is -0.345 e. The van der Waals surface area contributed by atoms with Crippen LogP contribution in [-0.2, 0) is 11.3 Å². The Morgan fingerprint density at radius 1 is 1.19 bits per heavy atom. The fourth-order valence-corrected chi connectivity index (χ4v) is 4.51. The number of amides is 1. The Labute approximate surface area is 190 Å². The number of Topliss-reactive ketones (excluding diaryl/α,β-unsaturated/α-hetero) is 1. The Hall–Kier alpha value is -2.52. The van der Waals surface area contributed by atoms with Crippen LogP contribution < -0.4 is 5.32 Å². The third-order valence-electron chi connectivity index (χ3n) is 4.80. The first-order valence-corrected chi connectivity index (χ1v) is 10.8. The van der Waals surface area contributed by atoms with Crippen molar-refractivity contribution in [2.24, 2.45) is 0 Å². The summed E-state index contributed by atoms with van der Waals surface area (Å²) in [6.45, 7) is 1.42. The van der Waals surface area contributed by atoms with E-state index in [2.05, 4.69) is 0 Å². The van der Waals surface area contributed by atoms with Crippen LogP contribution in [0.3, 0.4) is 0 Å². The number of benzene rings is 2. The molecule has 0 radical (unpaired) electrons. The molecule has 0 bridgehead atoms. The van der Waals surface area contributed by atoms with Crippen LogP contribution in [0.25, 0.3) is 10.9 Å². The number of nitrogens with one attached hydrogen (secondary N) is 1. The highest BCUT2D eigenvalue weighted by Gasteiger charge is 2.28. The molecule has 32 heavy (non-hydrogen) atoms. The number of hydrogen-bond donors (Lipinski definition) is 1. The highest BCUT2D eigenvalue weighted by Crippen LogP contribution is 2.40. The van der Waals surface area contributed by atoms with Crippen molar-refractivity contribution in [3.63, 3.8) is 0 Å². The summed E-state index contributed by atoms with van der Waals surface area (Å²) in [5, 5.41) is 2.09. The van der Waals surface area contributed by atoms with E-state index in [4.69, 9.17) is 11.6 Å². The van der Waals surface area contributed by atoms with Crippen LogP contribution in [0.2, 0.25) is 5.02 Å². The van der Waals surface area contributed by atoms with Crippen LogP contribution in [0, 0.1) is 12.7 Å². The monoisotopic (exact) mass is 486 g/mol. The van der Waals surface area contributed by atoms with E-state index in [-0.39, 0.29) is 16.3 Å². The van der Waals surface area contributed by atoms with Gasteiger partial charge in [0, 0.05) is 32.9 Å². The third-order valence-corrected chi connectivity index (χ3v) is 6.30. The van der Waals surface area contributed by atoms with Crippen LogP contribution in [0.15, 0.2) is 46.2 Å². The molecule has 0 aliphatic carbocycles. The van der Waals surface area contributed by atoms with Crippen molar-refractivity contribution in [2.75, 3.05) is 6.54 Å². The molecule has 1 heterocycles. The van der Waals surface area contributed by atoms with E-state index in [0.29, 0.717) is 28.0 Å². The van der Waals surface area contributed by atoms with E-state index in [1.165, 1.54) is 22.4 Å². The molecule has 0 aliphatic heterocycles. The number of aromatic nitrogens is 1. The molecule has 0 unspecified atom stereocenters. The van der Waals surface area contributed by atoms with Gasteiger partial charge in [0.2, 0.25) is 5.91 Å². The molecule has 0 saturated carbocycles. The van der Waals surface area contributed by atoms with Crippen molar-refractivity contribution >= 4 is 46.0 Å². The Morgan fingerprint density at radius 3 is 2.56 bits per heavy atom. The third kappa shape index (κ3) is 5.27. The number of carbonyl (C=O) groups is 2. The van der Waals surface area contributed by atoms with Gasteiger partial charge in [-0.2, -0.15) is 13.2 Å². The lowest BCUT2D eigenvalue weighted by molar-refractivity contribution is -0.138. The van der Waals surface area contributed by atoms with Crippen molar-refractivity contribution < 1.29 is 27.2 Å². The zero-order valence-electron chi connectivity index (χ0n) is 17.1. The van der Waals surface area contributed by atoms with Crippen molar-refractivity contribution in [3.8, 4) is 0 Å². The standard InChI is InChI=1S/C22H19ClF4N2O2S/c1-3-17(30)13-5-4-6-14(9-13)32-21-12(2)29(10-18(31)28-11-22(25,26)27)20-15(21)7-8-16(23)19(20)24/h4-9H,3,10-11H2,1-2H3,(H,28,31). The van der Waals surface area contributed by atoms with E-state index < -0.39 is 31.0 Å². The summed E-state index contributed by atoms with van der Waals surface area (Å²) in [6.07, 6.45) is -4.21. The lowest BCUT2D eigenvalue weighted by Crippen LogP contribution is -2.36. The molecule has 1 aromatic heterocycles. The fraction of sp³-hybridized carbons (Fsp3) is 0.273. The zero-order valence-corrected chi connectivity index (χ0v) is 18.7. The highest BCUT2D eigenvalue weighted by atomic mass is 35.5. The van der Waals surface area contributed by atoms with Crippen molar-refractivity contribution in [3.05, 3.63) is 58.5 Å². The first-order valence-electron chi connectivity index (χ1n) is 9.63. The maximum absolute atomic E-state index is 14.9. The average molecular weight is 487 g/mol. The molecular weight excluding hydrogens is 468 g/mol. The number of halogens is 5. The number of rotatable bonds is 7. The summed E-state index contributed by atoms with van der Waals surface area (Å²) >= 11 is 7.20. The SMILES string of the molecule is CCC(=O)c1cccc(Sc2c(C)n(CC(=O)NCC(F)(F)F)c3c(F)c(Cl)ccc23)c1. The summed E-state index contributed by atoms with van der Waals surface area (Å²) in [4.78, 5) is 25.5. The van der Waals surface area contributed by atoms with Gasteiger partial charge in [0.25, 0.3) is 0 Å². The molecule has 0 saturated heterocycles. The predicted octanol–water partition coefficient (Wildman–Crippen LogP) is 6.16. The Bertz CT molecular complexity index is 1190. The normalized spacial score (nSPS) is 11.7. The second-order valence-corrected chi connectivity index (χ2v) is 8.55. The number of hydrogen-bond acceptors (Lipinski definition) is 3. The molecular formula is C22H19ClF4N2O2S. The lowest BCUT2D eigenvalue weighted by Gasteiger charge is -2.12. The molecule has 2 aromatic carbocycles. The summed E-state index contributed by atoms with van der Waals surface area (Å²) in [5.41, 5.74) is 1.06. The summed E-state index contributed by atoms with van der Waals surface area (Å²) in [5.74, 6) is -1.70. The maximum atomic E-state index is 14.9. The van der Waals surface area contributed by atoms with Gasteiger partial charge in [-0.25, -0.2) is 4.39 Å². The topological polar surface area (TPSA) is 51.1 Å². The molecule has 3 aromatic rings. The minimum absolute atomic E-state index is 0.0224. The first-order chi connectivity index (χ1) is 15.0. The van der Waals surface area contributed by atoms with Crippen LogP contribution in [0.1, 0.15) is 29.4 Å².